The summed E-state index contributed by atoms with van der Waals surface area (Å²) in [4.78, 5) is 27.7. The van der Waals surface area contributed by atoms with Gasteiger partial charge in [0.1, 0.15) is 5.69 Å². The van der Waals surface area contributed by atoms with E-state index < -0.39 is 11.7 Å². The molecule has 1 amide bonds. The number of halogens is 3. The SMILES string of the molecule is Cn1c(C(=O)N2CCN(c3cccc(C(F)(F)F)c3)CC2)cccc1=O. The van der Waals surface area contributed by atoms with Gasteiger partial charge < -0.3 is 14.4 Å². The van der Waals surface area contributed by atoms with Crippen molar-refractivity contribution in [2.45, 2.75) is 6.18 Å². The molecule has 0 spiro atoms. The van der Waals surface area contributed by atoms with Crippen LogP contribution in [0.2, 0.25) is 0 Å². The normalized spacial score (nSPS) is 15.2. The van der Waals surface area contributed by atoms with E-state index in [1.54, 1.807) is 17.0 Å². The molecule has 1 aromatic heterocycles. The van der Waals surface area contributed by atoms with Gasteiger partial charge in [-0.2, -0.15) is 13.2 Å². The van der Waals surface area contributed by atoms with Crippen molar-refractivity contribution < 1.29 is 18.0 Å². The van der Waals surface area contributed by atoms with Gasteiger partial charge in [-0.05, 0) is 24.3 Å². The Kier molecular flexibility index (Phi) is 4.76. The number of rotatable bonds is 2. The Labute approximate surface area is 148 Å². The third-order valence-corrected chi connectivity index (χ3v) is 4.51. The summed E-state index contributed by atoms with van der Waals surface area (Å²) in [6, 6.07) is 9.68. The molecule has 0 bridgehead atoms. The molecule has 5 nitrogen and oxygen atoms in total. The second-order valence-corrected chi connectivity index (χ2v) is 6.14. The molecule has 138 valence electrons. The van der Waals surface area contributed by atoms with Crippen molar-refractivity contribution in [3.05, 3.63) is 64.1 Å². The summed E-state index contributed by atoms with van der Waals surface area (Å²) in [5, 5.41) is 0. The second-order valence-electron chi connectivity index (χ2n) is 6.14. The molecular weight excluding hydrogens is 347 g/mol. The molecule has 0 atom stereocenters. The quantitative estimate of drug-likeness (QED) is 0.821. The van der Waals surface area contributed by atoms with Crippen LogP contribution in [0.25, 0.3) is 0 Å². The van der Waals surface area contributed by atoms with Crippen molar-refractivity contribution in [3.63, 3.8) is 0 Å². The van der Waals surface area contributed by atoms with Gasteiger partial charge in [0, 0.05) is 45.0 Å². The number of hydrogen-bond donors (Lipinski definition) is 0. The Hall–Kier alpha value is -2.77. The Morgan fingerprint density at radius 3 is 2.31 bits per heavy atom. The molecule has 0 unspecified atom stereocenters. The minimum atomic E-state index is -4.38. The van der Waals surface area contributed by atoms with Crippen molar-refractivity contribution in [2.75, 3.05) is 31.1 Å². The molecule has 3 rings (SSSR count). The molecule has 0 radical (unpaired) electrons. The Bertz CT molecular complexity index is 868. The molecular formula is C18H18F3N3O2. The molecule has 0 N–H and O–H groups in total. The van der Waals surface area contributed by atoms with E-state index in [-0.39, 0.29) is 11.5 Å². The van der Waals surface area contributed by atoms with Crippen LogP contribution in [0, 0.1) is 0 Å². The van der Waals surface area contributed by atoms with Gasteiger partial charge in [-0.25, -0.2) is 0 Å². The van der Waals surface area contributed by atoms with Crippen LogP contribution in [0.5, 0.6) is 0 Å². The standard InChI is InChI=1S/C18H18F3N3O2/c1-22-15(6-3-7-16(22)25)17(26)24-10-8-23(9-11-24)14-5-2-4-13(12-14)18(19,20)21/h2-7,12H,8-11H2,1H3. The molecule has 0 saturated carbocycles. The summed E-state index contributed by atoms with van der Waals surface area (Å²) in [5.41, 5.74) is -0.171. The van der Waals surface area contributed by atoms with E-state index in [0.717, 1.165) is 12.1 Å². The Morgan fingerprint density at radius 2 is 1.65 bits per heavy atom. The predicted octanol–water partition coefficient (Wildman–Crippen LogP) is 2.37. The van der Waals surface area contributed by atoms with Gasteiger partial charge in [-0.1, -0.05) is 12.1 Å². The van der Waals surface area contributed by atoms with Crippen LogP contribution in [0.4, 0.5) is 18.9 Å². The van der Waals surface area contributed by atoms with Gasteiger partial charge >= 0.3 is 6.18 Å². The number of aromatic nitrogens is 1. The number of carbonyl (C=O) groups is 1. The molecule has 1 aromatic carbocycles. The van der Waals surface area contributed by atoms with E-state index >= 15 is 0 Å². The largest absolute Gasteiger partial charge is 0.416 e. The Balaban J connectivity index is 1.71. The number of carbonyl (C=O) groups excluding carboxylic acids is 1. The van der Waals surface area contributed by atoms with Crippen molar-refractivity contribution in [3.8, 4) is 0 Å². The zero-order valence-electron chi connectivity index (χ0n) is 14.2. The second kappa shape index (κ2) is 6.86. The lowest BCUT2D eigenvalue weighted by molar-refractivity contribution is -0.137. The lowest BCUT2D eigenvalue weighted by atomic mass is 10.1. The number of alkyl halides is 3. The fourth-order valence-electron chi connectivity index (χ4n) is 2.99. The van der Waals surface area contributed by atoms with Crippen LogP contribution in [-0.2, 0) is 13.2 Å². The average molecular weight is 365 g/mol. The number of anilines is 1. The maximum absolute atomic E-state index is 12.9. The smallest absolute Gasteiger partial charge is 0.368 e. The van der Waals surface area contributed by atoms with Crippen LogP contribution in [0.3, 0.4) is 0 Å². The van der Waals surface area contributed by atoms with Gasteiger partial charge in [0.2, 0.25) is 0 Å². The van der Waals surface area contributed by atoms with E-state index in [1.165, 1.54) is 29.8 Å². The Morgan fingerprint density at radius 1 is 1.00 bits per heavy atom. The van der Waals surface area contributed by atoms with E-state index in [2.05, 4.69) is 0 Å². The van der Waals surface area contributed by atoms with Gasteiger partial charge in [-0.3, -0.25) is 9.59 Å². The number of nitrogens with zero attached hydrogens (tertiary/aromatic N) is 3. The number of hydrogen-bond acceptors (Lipinski definition) is 3. The summed E-state index contributed by atoms with van der Waals surface area (Å²) < 4.78 is 39.9. The first-order chi connectivity index (χ1) is 12.3. The predicted molar refractivity (Wildman–Crippen MR) is 91.2 cm³/mol. The summed E-state index contributed by atoms with van der Waals surface area (Å²) in [6.07, 6.45) is -4.38. The molecule has 2 aromatic rings. The van der Waals surface area contributed by atoms with Gasteiger partial charge in [0.05, 0.1) is 5.56 Å². The third kappa shape index (κ3) is 3.58. The average Bonchev–Trinajstić information content (AvgIpc) is 2.63. The molecule has 8 heteroatoms. The zero-order chi connectivity index (χ0) is 18.9. The number of amides is 1. The lowest BCUT2D eigenvalue weighted by Gasteiger charge is -2.36. The third-order valence-electron chi connectivity index (χ3n) is 4.51. The topological polar surface area (TPSA) is 45.6 Å². The highest BCUT2D eigenvalue weighted by molar-refractivity contribution is 5.92. The zero-order valence-corrected chi connectivity index (χ0v) is 14.2. The molecule has 1 saturated heterocycles. The summed E-state index contributed by atoms with van der Waals surface area (Å²) in [7, 11) is 1.54. The fraction of sp³-hybridized carbons (Fsp3) is 0.333. The van der Waals surface area contributed by atoms with Crippen molar-refractivity contribution >= 4 is 11.6 Å². The molecule has 26 heavy (non-hydrogen) atoms. The molecule has 1 aliphatic heterocycles. The first-order valence-electron chi connectivity index (χ1n) is 8.15. The van der Waals surface area contributed by atoms with E-state index in [1.807, 2.05) is 4.90 Å². The minimum Gasteiger partial charge on any atom is -0.368 e. The van der Waals surface area contributed by atoms with Crippen LogP contribution in [0.1, 0.15) is 16.1 Å². The minimum absolute atomic E-state index is 0.256. The van der Waals surface area contributed by atoms with E-state index in [9.17, 15) is 22.8 Å². The van der Waals surface area contributed by atoms with Gasteiger partial charge in [-0.15, -0.1) is 0 Å². The van der Waals surface area contributed by atoms with Crippen LogP contribution >= 0.6 is 0 Å². The first-order valence-corrected chi connectivity index (χ1v) is 8.15. The highest BCUT2D eigenvalue weighted by Gasteiger charge is 2.31. The number of pyridine rings is 1. The molecule has 1 aliphatic rings. The summed E-state index contributed by atoms with van der Waals surface area (Å²) in [5.74, 6) is -0.256. The summed E-state index contributed by atoms with van der Waals surface area (Å²) in [6.45, 7) is 1.60. The monoisotopic (exact) mass is 365 g/mol. The van der Waals surface area contributed by atoms with Crippen molar-refractivity contribution in [1.82, 2.24) is 9.47 Å². The molecule has 1 fully saturated rings. The highest BCUT2D eigenvalue weighted by atomic mass is 19.4. The van der Waals surface area contributed by atoms with Gasteiger partial charge in [0.25, 0.3) is 11.5 Å². The van der Waals surface area contributed by atoms with Crippen LogP contribution in [-0.4, -0.2) is 41.6 Å². The maximum Gasteiger partial charge on any atom is 0.416 e. The van der Waals surface area contributed by atoms with E-state index in [0.29, 0.717) is 37.6 Å². The van der Waals surface area contributed by atoms with Crippen LogP contribution < -0.4 is 10.5 Å². The van der Waals surface area contributed by atoms with Gasteiger partial charge in [0.15, 0.2) is 0 Å². The summed E-state index contributed by atoms with van der Waals surface area (Å²) >= 11 is 0. The molecule has 0 aliphatic carbocycles. The lowest BCUT2D eigenvalue weighted by Crippen LogP contribution is -2.49. The van der Waals surface area contributed by atoms with Crippen molar-refractivity contribution in [1.29, 1.82) is 0 Å². The van der Waals surface area contributed by atoms with Crippen LogP contribution in [0.15, 0.2) is 47.3 Å². The number of piperazine rings is 1. The van der Waals surface area contributed by atoms with E-state index in [4.69, 9.17) is 0 Å². The fourth-order valence-corrected chi connectivity index (χ4v) is 2.99. The number of benzene rings is 1. The molecule has 2 heterocycles. The highest BCUT2D eigenvalue weighted by Crippen LogP contribution is 2.31. The first kappa shape index (κ1) is 18.0. The maximum atomic E-state index is 12.9. The van der Waals surface area contributed by atoms with Crippen molar-refractivity contribution in [2.24, 2.45) is 7.05 Å².